The number of nitrogens with one attached hydrogen (secondary N) is 1. The number of ether oxygens (including phenoxy) is 2. The molecule has 0 spiro atoms. The van der Waals surface area contributed by atoms with Crippen molar-refractivity contribution in [3.63, 3.8) is 0 Å². The zero-order valence-electron chi connectivity index (χ0n) is 43.9. The predicted octanol–water partition coefficient (Wildman–Crippen LogP) is 13.3. The summed E-state index contributed by atoms with van der Waals surface area (Å²) in [4.78, 5) is 12.9. The van der Waals surface area contributed by atoms with Crippen LogP contribution < -0.4 is 5.32 Å². The van der Waals surface area contributed by atoms with Crippen LogP contribution in [0.3, 0.4) is 0 Å². The number of rotatable bonds is 43. The van der Waals surface area contributed by atoms with Crippen LogP contribution in [0.25, 0.3) is 0 Å². The molecule has 0 bridgehead atoms. The van der Waals surface area contributed by atoms with Crippen LogP contribution in [0.4, 0.5) is 0 Å². The third kappa shape index (κ3) is 39.1. The molecule has 0 aromatic heterocycles. The number of aliphatic hydroxyl groups is 5. The highest BCUT2D eigenvalue weighted by atomic mass is 16.7. The summed E-state index contributed by atoms with van der Waals surface area (Å²) in [6.07, 6.45) is 72.1. The first kappa shape index (κ1) is 64.8. The molecule has 0 aromatic rings. The van der Waals surface area contributed by atoms with Crippen molar-refractivity contribution in [2.75, 3.05) is 13.2 Å². The second kappa shape index (κ2) is 49.4. The lowest BCUT2D eigenvalue weighted by molar-refractivity contribution is -0.302. The molecular weight excluding hydrogens is 887 g/mol. The molecule has 1 aliphatic rings. The Labute approximate surface area is 431 Å². The Hall–Kier alpha value is -4.19. The van der Waals surface area contributed by atoms with Crippen molar-refractivity contribution < 1.29 is 39.8 Å². The van der Waals surface area contributed by atoms with Gasteiger partial charge < -0.3 is 40.3 Å². The van der Waals surface area contributed by atoms with Gasteiger partial charge in [0.15, 0.2) is 6.29 Å². The molecule has 1 heterocycles. The highest BCUT2D eigenvalue weighted by Crippen LogP contribution is 2.22. The summed E-state index contributed by atoms with van der Waals surface area (Å²) in [7, 11) is 0. The molecule has 0 radical (unpaired) electrons. The van der Waals surface area contributed by atoms with Gasteiger partial charge in [0, 0.05) is 6.42 Å². The Morgan fingerprint density at radius 2 is 0.887 bits per heavy atom. The Morgan fingerprint density at radius 3 is 1.34 bits per heavy atom. The number of carbonyl (C=O) groups excluding carboxylic acids is 1. The molecule has 0 aromatic carbocycles. The van der Waals surface area contributed by atoms with Gasteiger partial charge >= 0.3 is 0 Å². The highest BCUT2D eigenvalue weighted by Gasteiger charge is 2.44. The maximum Gasteiger partial charge on any atom is 0.220 e. The summed E-state index contributed by atoms with van der Waals surface area (Å²) >= 11 is 0. The zero-order chi connectivity index (χ0) is 51.5. The van der Waals surface area contributed by atoms with Gasteiger partial charge in [0.05, 0.1) is 25.4 Å². The first-order valence-electron chi connectivity index (χ1n) is 27.2. The van der Waals surface area contributed by atoms with Gasteiger partial charge in [0.25, 0.3) is 0 Å². The number of amides is 1. The minimum atomic E-state index is -1.58. The van der Waals surface area contributed by atoms with Crippen LogP contribution >= 0.6 is 0 Å². The van der Waals surface area contributed by atoms with Crippen LogP contribution in [0, 0.1) is 0 Å². The lowest BCUT2D eigenvalue weighted by Crippen LogP contribution is -2.60. The van der Waals surface area contributed by atoms with Gasteiger partial charge in [-0.15, -0.1) is 0 Å². The Morgan fingerprint density at radius 1 is 0.493 bits per heavy atom. The Balaban J connectivity index is 2.11. The molecule has 1 fully saturated rings. The standard InChI is InChI=1S/C62H97NO8/c1-3-5-7-9-11-12-13-14-15-16-17-18-19-20-21-22-23-24-25-26-27-28-29-30-31-32-33-34-35-36-37-38-39-40-41-42-43-44-46-48-50-52-58(66)63-55(56(65)51-49-47-45-10-8-6-4-2)54-70-62-61(69)60(68)59(67)57(53-64)71-62/h5,7-8,10-12,14-15,17-18,20-21,23-24,26-27,29-30,32-33,35-36,38-39,49,51,55-57,59-62,64-65,67-69H,3-4,6,9,13,16,19,22,25,28,31,34,37,40-48,50,52-54H2,1-2H3,(H,63,66)/b7-5-,10-8+,12-11-,15-14-,18-17-,21-20-,24-23-,27-26-,30-29-,33-32-,36-35-,39-38-,51-49+. The van der Waals surface area contributed by atoms with Crippen molar-refractivity contribution in [2.45, 2.75) is 211 Å². The zero-order valence-corrected chi connectivity index (χ0v) is 43.9. The molecular formula is C62H97NO8. The third-order valence-corrected chi connectivity index (χ3v) is 11.6. The molecule has 6 N–H and O–H groups in total. The van der Waals surface area contributed by atoms with E-state index in [2.05, 4.69) is 165 Å². The van der Waals surface area contributed by atoms with Crippen LogP contribution in [0.2, 0.25) is 0 Å². The molecule has 1 amide bonds. The molecule has 398 valence electrons. The van der Waals surface area contributed by atoms with Crippen molar-refractivity contribution in [1.29, 1.82) is 0 Å². The number of allylic oxidation sites excluding steroid dienone is 25. The summed E-state index contributed by atoms with van der Waals surface area (Å²) < 4.78 is 11.1. The van der Waals surface area contributed by atoms with E-state index in [1.807, 2.05) is 6.08 Å². The van der Waals surface area contributed by atoms with Crippen LogP contribution in [0.15, 0.2) is 158 Å². The van der Waals surface area contributed by atoms with Gasteiger partial charge in [-0.25, -0.2) is 0 Å². The molecule has 9 heteroatoms. The topological polar surface area (TPSA) is 149 Å². The van der Waals surface area contributed by atoms with E-state index in [1.54, 1.807) is 6.08 Å². The quantitative estimate of drug-likeness (QED) is 0.0261. The third-order valence-electron chi connectivity index (χ3n) is 11.6. The van der Waals surface area contributed by atoms with Crippen LogP contribution in [-0.2, 0) is 14.3 Å². The van der Waals surface area contributed by atoms with Crippen molar-refractivity contribution >= 4 is 5.91 Å². The van der Waals surface area contributed by atoms with E-state index in [0.29, 0.717) is 6.42 Å². The number of aliphatic hydroxyl groups excluding tert-OH is 5. The van der Waals surface area contributed by atoms with Crippen molar-refractivity contribution in [3.8, 4) is 0 Å². The number of hydrogen-bond donors (Lipinski definition) is 6. The van der Waals surface area contributed by atoms with Gasteiger partial charge in [-0.2, -0.15) is 0 Å². The SMILES string of the molecule is CC/C=C\C/C=C\C/C=C\C/C=C\C/C=C\C/C=C\C/C=C\C/C=C\C/C=C\C/C=C\C/C=C\CCCCCCCCCC(=O)NC(COC1OC(CO)C(O)C(O)C1O)C(O)/C=C/CC/C=C/CCC. The van der Waals surface area contributed by atoms with Crippen molar-refractivity contribution in [1.82, 2.24) is 5.32 Å². The van der Waals surface area contributed by atoms with E-state index in [0.717, 1.165) is 128 Å². The summed E-state index contributed by atoms with van der Waals surface area (Å²) in [6, 6.07) is -0.836. The first-order chi connectivity index (χ1) is 34.8. The molecule has 0 saturated carbocycles. The smallest absolute Gasteiger partial charge is 0.220 e. The average molecular weight is 984 g/mol. The monoisotopic (exact) mass is 984 g/mol. The molecule has 9 nitrogen and oxygen atoms in total. The summed E-state index contributed by atoms with van der Waals surface area (Å²) in [5.41, 5.74) is 0. The van der Waals surface area contributed by atoms with E-state index < -0.39 is 49.5 Å². The van der Waals surface area contributed by atoms with Crippen LogP contribution in [0.5, 0.6) is 0 Å². The summed E-state index contributed by atoms with van der Waals surface area (Å²) in [5, 5.41) is 53.9. The van der Waals surface area contributed by atoms with E-state index in [4.69, 9.17) is 9.47 Å². The second-order valence-electron chi connectivity index (χ2n) is 17.9. The minimum absolute atomic E-state index is 0.211. The molecule has 0 aliphatic carbocycles. The highest BCUT2D eigenvalue weighted by molar-refractivity contribution is 5.76. The summed E-state index contributed by atoms with van der Waals surface area (Å²) in [5.74, 6) is -0.211. The van der Waals surface area contributed by atoms with Gasteiger partial charge in [-0.3, -0.25) is 4.79 Å². The first-order valence-corrected chi connectivity index (χ1v) is 27.2. The van der Waals surface area contributed by atoms with Crippen molar-refractivity contribution in [2.24, 2.45) is 0 Å². The molecule has 71 heavy (non-hydrogen) atoms. The second-order valence-corrected chi connectivity index (χ2v) is 17.9. The molecule has 7 atom stereocenters. The van der Waals surface area contributed by atoms with Gasteiger partial charge in [-0.1, -0.05) is 210 Å². The number of hydrogen-bond acceptors (Lipinski definition) is 8. The normalized spacial score (nSPS) is 20.6. The maximum absolute atomic E-state index is 12.9. The molecule has 1 saturated heterocycles. The average Bonchev–Trinajstić information content (AvgIpc) is 3.37. The number of carbonyl (C=O) groups is 1. The molecule has 1 aliphatic heterocycles. The largest absolute Gasteiger partial charge is 0.394 e. The molecule has 1 rings (SSSR count). The van der Waals surface area contributed by atoms with E-state index in [9.17, 15) is 30.3 Å². The minimum Gasteiger partial charge on any atom is -0.394 e. The fourth-order valence-electron chi connectivity index (χ4n) is 7.30. The van der Waals surface area contributed by atoms with Gasteiger partial charge in [0.2, 0.25) is 5.91 Å². The maximum atomic E-state index is 12.9. The lowest BCUT2D eigenvalue weighted by Gasteiger charge is -2.40. The van der Waals surface area contributed by atoms with Gasteiger partial charge in [-0.05, 0) is 109 Å². The van der Waals surface area contributed by atoms with Crippen molar-refractivity contribution in [3.05, 3.63) is 158 Å². The Bertz CT molecular complexity index is 1660. The summed E-state index contributed by atoms with van der Waals surface area (Å²) in [6.45, 7) is 3.49. The van der Waals surface area contributed by atoms with Gasteiger partial charge in [0.1, 0.15) is 24.4 Å². The number of unbranched alkanes of at least 4 members (excludes halogenated alkanes) is 9. The van der Waals surface area contributed by atoms with E-state index in [-0.39, 0.29) is 12.5 Å². The fraction of sp³-hybridized carbons (Fsp3) is 0.565. The molecule has 7 unspecified atom stereocenters. The van der Waals surface area contributed by atoms with Crippen LogP contribution in [0.1, 0.15) is 168 Å². The van der Waals surface area contributed by atoms with Crippen LogP contribution in [-0.4, -0.2) is 87.5 Å². The predicted molar refractivity (Wildman–Crippen MR) is 299 cm³/mol. The fourth-order valence-corrected chi connectivity index (χ4v) is 7.30. The Kier molecular flexibility index (Phi) is 45.1. The van der Waals surface area contributed by atoms with E-state index >= 15 is 0 Å². The lowest BCUT2D eigenvalue weighted by atomic mass is 9.99. The van der Waals surface area contributed by atoms with E-state index in [1.165, 1.54) is 19.3 Å².